The van der Waals surface area contributed by atoms with Crippen molar-refractivity contribution in [3.8, 4) is 0 Å². The first-order valence-electron chi connectivity index (χ1n) is 11.6. The lowest BCUT2D eigenvalue weighted by molar-refractivity contribution is 0.0526. The molecule has 2 heterocycles. The minimum atomic E-state index is -0.327. The fourth-order valence-electron chi connectivity index (χ4n) is 4.35. The number of esters is 1. The molecular weight excluding hydrogens is 422 g/mol. The molecule has 3 aromatic rings. The molecule has 0 N–H and O–H groups in total. The molecule has 1 aliphatic rings. The molecule has 0 spiro atoms. The van der Waals surface area contributed by atoms with Crippen LogP contribution in [-0.4, -0.2) is 40.1 Å². The molecule has 0 radical (unpaired) electrons. The van der Waals surface area contributed by atoms with Crippen molar-refractivity contribution in [3.63, 3.8) is 0 Å². The number of carbonyl (C=O) groups is 1. The van der Waals surface area contributed by atoms with Gasteiger partial charge in [-0.3, -0.25) is 14.3 Å². The van der Waals surface area contributed by atoms with Crippen molar-refractivity contribution in [2.45, 2.75) is 59.5 Å². The van der Waals surface area contributed by atoms with Crippen molar-refractivity contribution in [2.75, 3.05) is 19.7 Å². The maximum absolute atomic E-state index is 13.7. The predicted molar refractivity (Wildman–Crippen MR) is 129 cm³/mol. The Labute approximate surface area is 192 Å². The second kappa shape index (κ2) is 9.96. The summed E-state index contributed by atoms with van der Waals surface area (Å²) in [5.74, 6) is 0.477. The molecule has 32 heavy (non-hydrogen) atoms. The predicted octanol–water partition coefficient (Wildman–Crippen LogP) is 4.40. The van der Waals surface area contributed by atoms with Gasteiger partial charge in [0.2, 0.25) is 0 Å². The van der Waals surface area contributed by atoms with E-state index in [0.717, 1.165) is 54.0 Å². The Morgan fingerprint density at radius 3 is 2.53 bits per heavy atom. The highest BCUT2D eigenvalue weighted by atomic mass is 32.1. The molecule has 0 fully saturated rings. The molecular formula is C25H31N3O3S. The number of aryl methyl sites for hydroxylation is 2. The summed E-state index contributed by atoms with van der Waals surface area (Å²) < 4.78 is 6.91. The Balaban J connectivity index is 1.76. The third kappa shape index (κ3) is 4.50. The van der Waals surface area contributed by atoms with Crippen LogP contribution in [0, 0.1) is 0 Å². The molecule has 2 aromatic heterocycles. The Bertz CT molecular complexity index is 1160. The SMILES string of the molecule is CCOC(=O)c1ccc(Cn2c(CN(CC)CC)nc3sc4c(c3c2=O)CCCC4)cc1. The zero-order chi connectivity index (χ0) is 22.7. The minimum absolute atomic E-state index is 0.0611. The monoisotopic (exact) mass is 453 g/mol. The number of nitrogens with zero attached hydrogens (tertiary/aromatic N) is 3. The first-order chi connectivity index (χ1) is 15.5. The number of ether oxygens (including phenoxy) is 1. The maximum Gasteiger partial charge on any atom is 0.338 e. The van der Waals surface area contributed by atoms with Crippen molar-refractivity contribution < 1.29 is 9.53 Å². The average molecular weight is 454 g/mol. The Kier molecular flexibility index (Phi) is 7.06. The van der Waals surface area contributed by atoms with Gasteiger partial charge < -0.3 is 4.74 Å². The van der Waals surface area contributed by atoms with Crippen LogP contribution in [0.15, 0.2) is 29.1 Å². The van der Waals surface area contributed by atoms with Gasteiger partial charge in [-0.2, -0.15) is 0 Å². The van der Waals surface area contributed by atoms with E-state index in [-0.39, 0.29) is 11.5 Å². The van der Waals surface area contributed by atoms with Gasteiger partial charge in [-0.15, -0.1) is 11.3 Å². The summed E-state index contributed by atoms with van der Waals surface area (Å²) in [4.78, 5) is 35.2. The molecule has 6 nitrogen and oxygen atoms in total. The molecule has 0 aliphatic heterocycles. The first-order valence-corrected chi connectivity index (χ1v) is 12.4. The van der Waals surface area contributed by atoms with Gasteiger partial charge in [-0.25, -0.2) is 9.78 Å². The average Bonchev–Trinajstić information content (AvgIpc) is 3.18. The fraction of sp³-hybridized carbons (Fsp3) is 0.480. The number of fused-ring (bicyclic) bond motifs is 3. The zero-order valence-corrected chi connectivity index (χ0v) is 20.0. The number of aromatic nitrogens is 2. The van der Waals surface area contributed by atoms with Crippen molar-refractivity contribution in [2.24, 2.45) is 0 Å². The highest BCUT2D eigenvalue weighted by Crippen LogP contribution is 2.34. The highest BCUT2D eigenvalue weighted by molar-refractivity contribution is 7.18. The lowest BCUT2D eigenvalue weighted by Crippen LogP contribution is -2.31. The number of hydrogen-bond acceptors (Lipinski definition) is 6. The van der Waals surface area contributed by atoms with Crippen molar-refractivity contribution in [3.05, 3.63) is 62.0 Å². The second-order valence-corrected chi connectivity index (χ2v) is 9.27. The Morgan fingerprint density at radius 1 is 1.12 bits per heavy atom. The van der Waals surface area contributed by atoms with Crippen LogP contribution in [0.4, 0.5) is 0 Å². The molecule has 170 valence electrons. The summed E-state index contributed by atoms with van der Waals surface area (Å²) in [5, 5.41) is 0.816. The highest BCUT2D eigenvalue weighted by Gasteiger charge is 2.22. The van der Waals surface area contributed by atoms with Crippen LogP contribution in [0.25, 0.3) is 10.2 Å². The largest absolute Gasteiger partial charge is 0.462 e. The second-order valence-electron chi connectivity index (χ2n) is 8.19. The number of rotatable bonds is 8. The number of hydrogen-bond donors (Lipinski definition) is 0. The van der Waals surface area contributed by atoms with Crippen LogP contribution in [0.1, 0.15) is 65.8 Å². The van der Waals surface area contributed by atoms with Gasteiger partial charge >= 0.3 is 5.97 Å². The molecule has 0 bridgehead atoms. The van der Waals surface area contributed by atoms with Gasteiger partial charge in [0.25, 0.3) is 5.56 Å². The van der Waals surface area contributed by atoms with E-state index in [4.69, 9.17) is 9.72 Å². The third-order valence-corrected chi connectivity index (χ3v) is 7.40. The van der Waals surface area contributed by atoms with E-state index in [1.165, 1.54) is 16.9 Å². The summed E-state index contributed by atoms with van der Waals surface area (Å²) in [6, 6.07) is 7.32. The molecule has 4 rings (SSSR count). The van der Waals surface area contributed by atoms with Crippen molar-refractivity contribution in [1.82, 2.24) is 14.5 Å². The van der Waals surface area contributed by atoms with E-state index in [1.807, 2.05) is 16.7 Å². The lowest BCUT2D eigenvalue weighted by atomic mass is 9.97. The van der Waals surface area contributed by atoms with Crippen molar-refractivity contribution in [1.29, 1.82) is 0 Å². The molecule has 0 amide bonds. The van der Waals surface area contributed by atoms with Crippen LogP contribution < -0.4 is 5.56 Å². The van der Waals surface area contributed by atoms with Crippen LogP contribution in [0.5, 0.6) is 0 Å². The quantitative estimate of drug-likeness (QED) is 0.473. The lowest BCUT2D eigenvalue weighted by Gasteiger charge is -2.20. The summed E-state index contributed by atoms with van der Waals surface area (Å²) in [7, 11) is 0. The maximum atomic E-state index is 13.7. The molecule has 7 heteroatoms. The van der Waals surface area contributed by atoms with Crippen LogP contribution in [0.3, 0.4) is 0 Å². The minimum Gasteiger partial charge on any atom is -0.462 e. The number of carbonyl (C=O) groups excluding carboxylic acids is 1. The first kappa shape index (κ1) is 22.7. The summed E-state index contributed by atoms with van der Waals surface area (Å²) in [6.45, 7) is 9.28. The van der Waals surface area contributed by atoms with E-state index < -0.39 is 0 Å². The molecule has 0 unspecified atom stereocenters. The number of benzene rings is 1. The Hall–Kier alpha value is -2.51. The zero-order valence-electron chi connectivity index (χ0n) is 19.1. The molecule has 1 aliphatic carbocycles. The van der Waals surface area contributed by atoms with E-state index in [1.54, 1.807) is 30.4 Å². The smallest absolute Gasteiger partial charge is 0.338 e. The fourth-order valence-corrected chi connectivity index (χ4v) is 5.63. The van der Waals surface area contributed by atoms with Crippen molar-refractivity contribution >= 4 is 27.5 Å². The summed E-state index contributed by atoms with van der Waals surface area (Å²) >= 11 is 1.70. The molecule has 0 saturated carbocycles. The normalized spacial score (nSPS) is 13.5. The molecule has 0 atom stereocenters. The van der Waals surface area contributed by atoms with Gasteiger partial charge in [-0.05, 0) is 69.0 Å². The molecule has 1 aromatic carbocycles. The van der Waals surface area contributed by atoms with Crippen LogP contribution >= 0.6 is 11.3 Å². The standard InChI is InChI=1S/C25H31N3O3S/c1-4-27(5-2)16-21-26-23-22(19-9-7-8-10-20(19)32-23)24(29)28(21)15-17-11-13-18(14-12-17)25(30)31-6-3/h11-14H,4-10,15-16H2,1-3H3. The molecule has 0 saturated heterocycles. The van der Waals surface area contributed by atoms with Gasteiger partial charge in [0.15, 0.2) is 0 Å². The van der Waals surface area contributed by atoms with Crippen LogP contribution in [0.2, 0.25) is 0 Å². The summed E-state index contributed by atoms with van der Waals surface area (Å²) in [5.41, 5.74) is 2.76. The van der Waals surface area contributed by atoms with Crippen LogP contribution in [-0.2, 0) is 30.7 Å². The van der Waals surface area contributed by atoms with E-state index in [0.29, 0.717) is 25.3 Å². The van der Waals surface area contributed by atoms with Gasteiger partial charge in [-0.1, -0.05) is 26.0 Å². The number of thiophene rings is 1. The topological polar surface area (TPSA) is 64.4 Å². The third-order valence-electron chi connectivity index (χ3n) is 6.22. The van der Waals surface area contributed by atoms with Gasteiger partial charge in [0.1, 0.15) is 10.7 Å². The summed E-state index contributed by atoms with van der Waals surface area (Å²) in [6.07, 6.45) is 4.34. The van der Waals surface area contributed by atoms with E-state index in [9.17, 15) is 9.59 Å². The van der Waals surface area contributed by atoms with Gasteiger partial charge in [0.05, 0.1) is 30.6 Å². The Morgan fingerprint density at radius 2 is 1.84 bits per heavy atom. The van der Waals surface area contributed by atoms with E-state index >= 15 is 0 Å². The van der Waals surface area contributed by atoms with Gasteiger partial charge in [0, 0.05) is 4.88 Å². The van der Waals surface area contributed by atoms with E-state index in [2.05, 4.69) is 18.7 Å².